The van der Waals surface area contributed by atoms with Crippen LogP contribution in [0.5, 0.6) is 11.5 Å². The standard InChI is InChI=1S/C21H32O4/c1-18(2)21(23)25-20-14-12-19(13-15-20)24-17-11-9-7-5-3-4-6-8-10-16-22/h12-15,22H,1,3-11,16-17H2,2H3. The fraction of sp³-hybridized carbons (Fsp3) is 0.571. The molecule has 0 aliphatic carbocycles. The van der Waals surface area contributed by atoms with Gasteiger partial charge in [0, 0.05) is 12.2 Å². The van der Waals surface area contributed by atoms with E-state index in [2.05, 4.69) is 6.58 Å². The van der Waals surface area contributed by atoms with Crippen molar-refractivity contribution in [3.8, 4) is 11.5 Å². The quantitative estimate of drug-likeness (QED) is 0.221. The van der Waals surface area contributed by atoms with Crippen LogP contribution in [0.4, 0.5) is 0 Å². The maximum absolute atomic E-state index is 11.4. The van der Waals surface area contributed by atoms with Crippen LogP contribution in [-0.2, 0) is 4.79 Å². The molecular weight excluding hydrogens is 316 g/mol. The minimum Gasteiger partial charge on any atom is -0.494 e. The van der Waals surface area contributed by atoms with Crippen molar-refractivity contribution in [3.05, 3.63) is 36.4 Å². The Morgan fingerprint density at radius 3 is 1.88 bits per heavy atom. The van der Waals surface area contributed by atoms with Gasteiger partial charge in [0.1, 0.15) is 11.5 Å². The van der Waals surface area contributed by atoms with Gasteiger partial charge >= 0.3 is 5.97 Å². The van der Waals surface area contributed by atoms with Crippen LogP contribution in [0.15, 0.2) is 36.4 Å². The number of carbonyl (C=O) groups is 1. The van der Waals surface area contributed by atoms with Crippen LogP contribution in [0.3, 0.4) is 0 Å². The topological polar surface area (TPSA) is 55.8 Å². The zero-order valence-electron chi connectivity index (χ0n) is 15.5. The SMILES string of the molecule is C=C(C)C(=O)Oc1ccc(OCCCCCCCCCCCO)cc1. The third-order valence-electron chi connectivity index (χ3n) is 3.95. The van der Waals surface area contributed by atoms with E-state index in [0.29, 0.717) is 24.5 Å². The lowest BCUT2D eigenvalue weighted by Gasteiger charge is -2.08. The molecule has 0 bridgehead atoms. The minimum absolute atomic E-state index is 0.322. The Hall–Kier alpha value is -1.81. The van der Waals surface area contributed by atoms with E-state index in [-0.39, 0.29) is 0 Å². The summed E-state index contributed by atoms with van der Waals surface area (Å²) in [6.45, 7) is 6.21. The molecule has 0 heterocycles. The van der Waals surface area contributed by atoms with Gasteiger partial charge in [-0.25, -0.2) is 4.79 Å². The molecule has 0 atom stereocenters. The number of esters is 1. The first kappa shape index (κ1) is 21.2. The molecule has 0 aliphatic heterocycles. The Labute approximate surface area is 151 Å². The van der Waals surface area contributed by atoms with Crippen molar-refractivity contribution >= 4 is 5.97 Å². The van der Waals surface area contributed by atoms with Crippen molar-refractivity contribution < 1.29 is 19.4 Å². The lowest BCUT2D eigenvalue weighted by Crippen LogP contribution is -2.08. The number of hydrogen-bond acceptors (Lipinski definition) is 4. The summed E-state index contributed by atoms with van der Waals surface area (Å²) >= 11 is 0. The lowest BCUT2D eigenvalue weighted by molar-refractivity contribution is -0.130. The van der Waals surface area contributed by atoms with Gasteiger partial charge in [0.2, 0.25) is 0 Å². The second-order valence-electron chi connectivity index (χ2n) is 6.40. The fourth-order valence-corrected chi connectivity index (χ4v) is 2.44. The minimum atomic E-state index is -0.415. The van der Waals surface area contributed by atoms with Crippen LogP contribution in [-0.4, -0.2) is 24.3 Å². The number of hydrogen-bond donors (Lipinski definition) is 1. The van der Waals surface area contributed by atoms with Gasteiger partial charge in [0.15, 0.2) is 0 Å². The van der Waals surface area contributed by atoms with Gasteiger partial charge in [0.25, 0.3) is 0 Å². The third-order valence-corrected chi connectivity index (χ3v) is 3.95. The molecule has 1 N–H and O–H groups in total. The van der Waals surface area contributed by atoms with E-state index in [0.717, 1.165) is 25.0 Å². The second kappa shape index (κ2) is 13.5. The van der Waals surface area contributed by atoms with E-state index in [4.69, 9.17) is 14.6 Å². The Morgan fingerprint density at radius 2 is 1.36 bits per heavy atom. The molecule has 0 amide bonds. The molecular formula is C21H32O4. The number of aliphatic hydroxyl groups is 1. The van der Waals surface area contributed by atoms with Gasteiger partial charge in [-0.3, -0.25) is 0 Å². The van der Waals surface area contributed by atoms with Crippen LogP contribution < -0.4 is 9.47 Å². The molecule has 25 heavy (non-hydrogen) atoms. The predicted molar refractivity (Wildman–Crippen MR) is 101 cm³/mol. The molecule has 140 valence electrons. The summed E-state index contributed by atoms with van der Waals surface area (Å²) in [6.07, 6.45) is 10.7. The smallest absolute Gasteiger partial charge is 0.338 e. The Bertz CT molecular complexity index is 493. The molecule has 0 aliphatic rings. The molecule has 0 fully saturated rings. The van der Waals surface area contributed by atoms with Crippen molar-refractivity contribution in [2.45, 2.75) is 64.7 Å². The lowest BCUT2D eigenvalue weighted by atomic mass is 10.1. The van der Waals surface area contributed by atoms with Crippen molar-refractivity contribution in [2.24, 2.45) is 0 Å². The summed E-state index contributed by atoms with van der Waals surface area (Å²) < 4.78 is 10.8. The highest BCUT2D eigenvalue weighted by Gasteiger charge is 2.05. The summed E-state index contributed by atoms with van der Waals surface area (Å²) in [5, 5.41) is 8.71. The van der Waals surface area contributed by atoms with E-state index in [1.54, 1.807) is 19.1 Å². The van der Waals surface area contributed by atoms with Gasteiger partial charge < -0.3 is 14.6 Å². The molecule has 0 saturated carbocycles. The van der Waals surface area contributed by atoms with Gasteiger partial charge in [-0.1, -0.05) is 51.5 Å². The van der Waals surface area contributed by atoms with Crippen LogP contribution in [0.25, 0.3) is 0 Å². The van der Waals surface area contributed by atoms with Crippen molar-refractivity contribution in [3.63, 3.8) is 0 Å². The Kier molecular flexibility index (Phi) is 11.4. The van der Waals surface area contributed by atoms with E-state index < -0.39 is 5.97 Å². The van der Waals surface area contributed by atoms with Gasteiger partial charge in [-0.2, -0.15) is 0 Å². The van der Waals surface area contributed by atoms with E-state index >= 15 is 0 Å². The summed E-state index contributed by atoms with van der Waals surface area (Å²) in [7, 11) is 0. The molecule has 1 aromatic rings. The number of aliphatic hydroxyl groups excluding tert-OH is 1. The number of ether oxygens (including phenoxy) is 2. The largest absolute Gasteiger partial charge is 0.494 e. The molecule has 0 saturated heterocycles. The van der Waals surface area contributed by atoms with Crippen molar-refractivity contribution in [1.29, 1.82) is 0 Å². The molecule has 1 aromatic carbocycles. The monoisotopic (exact) mass is 348 g/mol. The van der Waals surface area contributed by atoms with Crippen LogP contribution in [0.2, 0.25) is 0 Å². The highest BCUT2D eigenvalue weighted by Crippen LogP contribution is 2.19. The normalized spacial score (nSPS) is 10.5. The van der Waals surface area contributed by atoms with Gasteiger partial charge in [0.05, 0.1) is 6.61 Å². The van der Waals surface area contributed by atoms with Crippen LogP contribution in [0, 0.1) is 0 Å². The average Bonchev–Trinajstić information content (AvgIpc) is 2.61. The van der Waals surface area contributed by atoms with E-state index in [1.165, 1.54) is 38.5 Å². The number of carbonyl (C=O) groups excluding carboxylic acids is 1. The Balaban J connectivity index is 2.03. The first-order valence-electron chi connectivity index (χ1n) is 9.35. The molecule has 4 heteroatoms. The van der Waals surface area contributed by atoms with Crippen LogP contribution >= 0.6 is 0 Å². The first-order chi connectivity index (χ1) is 12.1. The molecule has 0 aromatic heterocycles. The highest BCUT2D eigenvalue weighted by atomic mass is 16.5. The summed E-state index contributed by atoms with van der Waals surface area (Å²) in [5.41, 5.74) is 0.380. The average molecular weight is 348 g/mol. The number of rotatable bonds is 14. The zero-order valence-corrected chi connectivity index (χ0v) is 15.5. The first-order valence-corrected chi connectivity index (χ1v) is 9.35. The maximum atomic E-state index is 11.4. The molecule has 1 rings (SSSR count). The third kappa shape index (κ3) is 10.6. The molecule has 0 radical (unpaired) electrons. The van der Waals surface area contributed by atoms with E-state index in [1.807, 2.05) is 12.1 Å². The Morgan fingerprint density at radius 1 is 0.880 bits per heavy atom. The fourth-order valence-electron chi connectivity index (χ4n) is 2.44. The van der Waals surface area contributed by atoms with Gasteiger partial charge in [-0.15, -0.1) is 0 Å². The number of benzene rings is 1. The predicted octanol–water partition coefficient (Wildman–Crippen LogP) is 5.05. The highest BCUT2D eigenvalue weighted by molar-refractivity contribution is 5.88. The summed E-state index contributed by atoms with van der Waals surface area (Å²) in [6, 6.07) is 7.08. The molecule has 0 unspecified atom stereocenters. The van der Waals surface area contributed by atoms with Crippen LogP contribution in [0.1, 0.15) is 64.7 Å². The summed E-state index contributed by atoms with van der Waals surface area (Å²) in [5.74, 6) is 0.875. The zero-order chi connectivity index (χ0) is 18.3. The van der Waals surface area contributed by atoms with E-state index in [9.17, 15) is 4.79 Å². The molecule has 4 nitrogen and oxygen atoms in total. The van der Waals surface area contributed by atoms with Gasteiger partial charge in [-0.05, 0) is 44.0 Å². The summed E-state index contributed by atoms with van der Waals surface area (Å²) in [4.78, 5) is 11.4. The second-order valence-corrected chi connectivity index (χ2v) is 6.40. The molecule has 0 spiro atoms. The maximum Gasteiger partial charge on any atom is 0.338 e. The number of unbranched alkanes of at least 4 members (excludes halogenated alkanes) is 8. The van der Waals surface area contributed by atoms with Crippen molar-refractivity contribution in [1.82, 2.24) is 0 Å². The van der Waals surface area contributed by atoms with Crippen molar-refractivity contribution in [2.75, 3.05) is 13.2 Å².